The number of esters is 1. The van der Waals surface area contributed by atoms with Gasteiger partial charge in [-0.2, -0.15) is 0 Å². The molecule has 0 radical (unpaired) electrons. The molecule has 1 fully saturated rings. The van der Waals surface area contributed by atoms with Gasteiger partial charge in [0.05, 0.1) is 19.5 Å². The molecule has 1 amide bonds. The van der Waals surface area contributed by atoms with Gasteiger partial charge in [0.1, 0.15) is 29.5 Å². The summed E-state index contributed by atoms with van der Waals surface area (Å²) in [5.74, 6) is 0.266. The highest BCUT2D eigenvalue weighted by Crippen LogP contribution is 2.43. The van der Waals surface area contributed by atoms with E-state index in [4.69, 9.17) is 19.9 Å². The van der Waals surface area contributed by atoms with Crippen molar-refractivity contribution in [3.63, 3.8) is 0 Å². The fourth-order valence-electron chi connectivity index (χ4n) is 2.85. The molecular weight excluding hydrogens is 344 g/mol. The Morgan fingerprint density at radius 1 is 1.24 bits per heavy atom. The van der Waals surface area contributed by atoms with Crippen molar-refractivity contribution in [2.24, 2.45) is 5.73 Å². The molecule has 2 aliphatic rings. The number of carbonyl (C=O) groups excluding carboxylic acids is 2. The number of nitrogens with two attached hydrogens (primary N) is 1. The number of rotatable bonds is 5. The third kappa shape index (κ3) is 3.07. The molecule has 2 heterocycles. The van der Waals surface area contributed by atoms with E-state index in [1.165, 1.54) is 23.8 Å². The van der Waals surface area contributed by atoms with Crippen LogP contribution in [0.5, 0.6) is 5.75 Å². The summed E-state index contributed by atoms with van der Waals surface area (Å²) < 4.78 is 15.9. The number of nitrogens with zero attached hydrogens (tertiary/aromatic N) is 1. The largest absolute Gasteiger partial charge is 0.497 e. The van der Waals surface area contributed by atoms with Gasteiger partial charge < -0.3 is 19.9 Å². The van der Waals surface area contributed by atoms with E-state index in [2.05, 4.69) is 0 Å². The molecule has 25 heavy (non-hydrogen) atoms. The summed E-state index contributed by atoms with van der Waals surface area (Å²) >= 11 is 1.50. The van der Waals surface area contributed by atoms with Crippen LogP contribution in [0.2, 0.25) is 0 Å². The lowest BCUT2D eigenvalue weighted by molar-refractivity contribution is -0.152. The summed E-state index contributed by atoms with van der Waals surface area (Å²) in [6, 6.07) is 6.59. The normalized spacial score (nSPS) is 25.2. The Hall–Kier alpha value is -2.19. The van der Waals surface area contributed by atoms with E-state index in [9.17, 15) is 9.59 Å². The molecule has 7 nitrogen and oxygen atoms in total. The van der Waals surface area contributed by atoms with Crippen LogP contribution in [-0.4, -0.2) is 47.7 Å². The first-order chi connectivity index (χ1) is 12.0. The minimum Gasteiger partial charge on any atom is -0.497 e. The Bertz CT molecular complexity index is 718. The van der Waals surface area contributed by atoms with E-state index in [1.54, 1.807) is 19.2 Å². The van der Waals surface area contributed by atoms with Crippen molar-refractivity contribution in [1.29, 1.82) is 0 Å². The van der Waals surface area contributed by atoms with Crippen molar-refractivity contribution in [3.05, 3.63) is 41.3 Å². The molecule has 1 aromatic carbocycles. The van der Waals surface area contributed by atoms with Gasteiger partial charge in [-0.3, -0.25) is 9.69 Å². The van der Waals surface area contributed by atoms with Gasteiger partial charge in [0.2, 0.25) is 5.91 Å². The molecule has 2 aliphatic heterocycles. The van der Waals surface area contributed by atoms with Crippen molar-refractivity contribution in [2.45, 2.75) is 30.2 Å². The third-order valence-corrected chi connectivity index (χ3v) is 5.62. The molecule has 0 aliphatic carbocycles. The maximum Gasteiger partial charge on any atom is 0.359 e. The van der Waals surface area contributed by atoms with Crippen molar-refractivity contribution >= 4 is 23.6 Å². The standard InChI is InChI=1S/C17H20N2O5S/c1-9-14(23-3)13(19-15(20)12(18)16(19)25-9)17(21)24-8-10-4-6-11(22-2)7-5-10/h4-7,9,12,16H,8,18H2,1-3H3/t9?,12?,16-/m1/s1. The maximum absolute atomic E-state index is 12.6. The smallest absolute Gasteiger partial charge is 0.359 e. The monoisotopic (exact) mass is 364 g/mol. The van der Waals surface area contributed by atoms with Gasteiger partial charge in [-0.05, 0) is 24.6 Å². The van der Waals surface area contributed by atoms with Crippen molar-refractivity contribution in [1.82, 2.24) is 4.90 Å². The second-order valence-corrected chi connectivity index (χ2v) is 7.21. The lowest BCUT2D eigenvalue weighted by atomic mass is 10.1. The average Bonchev–Trinajstić information content (AvgIpc) is 2.65. The highest BCUT2D eigenvalue weighted by atomic mass is 32.2. The zero-order valence-corrected chi connectivity index (χ0v) is 15.0. The van der Waals surface area contributed by atoms with E-state index in [1.807, 2.05) is 19.1 Å². The fraction of sp³-hybridized carbons (Fsp3) is 0.412. The first-order valence-corrected chi connectivity index (χ1v) is 8.74. The fourth-order valence-corrected chi connectivity index (χ4v) is 4.22. The number of thioether (sulfide) groups is 1. The molecule has 1 saturated heterocycles. The molecule has 3 atom stereocenters. The Morgan fingerprint density at radius 2 is 1.92 bits per heavy atom. The molecule has 3 rings (SSSR count). The molecule has 1 aromatic rings. The Morgan fingerprint density at radius 3 is 2.52 bits per heavy atom. The van der Waals surface area contributed by atoms with Gasteiger partial charge in [-0.1, -0.05) is 12.1 Å². The SMILES string of the molecule is COC1=C(C(=O)OCc2ccc(OC)cc2)N2C(=O)C(N)[C@H]2SC1C. The van der Waals surface area contributed by atoms with E-state index < -0.39 is 12.0 Å². The summed E-state index contributed by atoms with van der Waals surface area (Å²) in [5, 5.41) is -0.348. The van der Waals surface area contributed by atoms with E-state index in [0.717, 1.165) is 11.3 Å². The van der Waals surface area contributed by atoms with Crippen LogP contribution in [0.4, 0.5) is 0 Å². The summed E-state index contributed by atoms with van der Waals surface area (Å²) in [7, 11) is 3.06. The molecule has 0 bridgehead atoms. The van der Waals surface area contributed by atoms with Crippen LogP contribution in [0.15, 0.2) is 35.7 Å². The van der Waals surface area contributed by atoms with Crippen molar-refractivity contribution in [3.8, 4) is 5.75 Å². The molecule has 0 aromatic heterocycles. The van der Waals surface area contributed by atoms with E-state index >= 15 is 0 Å². The topological polar surface area (TPSA) is 91.1 Å². The Balaban J connectivity index is 1.77. The number of ether oxygens (including phenoxy) is 3. The molecule has 2 N–H and O–H groups in total. The number of amides is 1. The average molecular weight is 364 g/mol. The predicted octanol–water partition coefficient (Wildman–Crippen LogP) is 1.23. The van der Waals surface area contributed by atoms with Crippen LogP contribution in [0, 0.1) is 0 Å². The number of fused-ring (bicyclic) bond motifs is 1. The molecule has 8 heteroatoms. The van der Waals surface area contributed by atoms with Crippen molar-refractivity contribution < 1.29 is 23.8 Å². The van der Waals surface area contributed by atoms with E-state index in [-0.39, 0.29) is 28.8 Å². The Labute approximate surface area is 150 Å². The molecule has 0 spiro atoms. The summed E-state index contributed by atoms with van der Waals surface area (Å²) in [6.07, 6.45) is 0. The number of benzene rings is 1. The summed E-state index contributed by atoms with van der Waals surface area (Å²) in [6.45, 7) is 2.00. The zero-order valence-electron chi connectivity index (χ0n) is 14.2. The lowest BCUT2D eigenvalue weighted by Gasteiger charge is -2.49. The minimum atomic E-state index is -0.602. The molecular formula is C17H20N2O5S. The molecule has 2 unspecified atom stereocenters. The first-order valence-electron chi connectivity index (χ1n) is 7.80. The number of methoxy groups -OCH3 is 2. The number of hydrogen-bond acceptors (Lipinski definition) is 7. The van der Waals surface area contributed by atoms with E-state index in [0.29, 0.717) is 5.76 Å². The summed E-state index contributed by atoms with van der Waals surface area (Å²) in [5.41, 5.74) is 6.81. The second kappa shape index (κ2) is 6.97. The predicted molar refractivity (Wildman–Crippen MR) is 92.5 cm³/mol. The van der Waals surface area contributed by atoms with Gasteiger partial charge in [-0.25, -0.2) is 4.79 Å². The quantitative estimate of drug-likeness (QED) is 0.621. The van der Waals surface area contributed by atoms with Gasteiger partial charge >= 0.3 is 5.97 Å². The summed E-state index contributed by atoms with van der Waals surface area (Å²) in [4.78, 5) is 26.1. The van der Waals surface area contributed by atoms with Crippen LogP contribution in [0.1, 0.15) is 12.5 Å². The van der Waals surface area contributed by atoms with Gasteiger partial charge in [-0.15, -0.1) is 11.8 Å². The Kier molecular flexibility index (Phi) is 4.91. The maximum atomic E-state index is 12.6. The van der Waals surface area contributed by atoms with Gasteiger partial charge in [0.15, 0.2) is 5.70 Å². The second-order valence-electron chi connectivity index (χ2n) is 5.74. The van der Waals surface area contributed by atoms with Crippen LogP contribution in [0.3, 0.4) is 0 Å². The highest BCUT2D eigenvalue weighted by Gasteiger charge is 2.54. The highest BCUT2D eigenvalue weighted by molar-refractivity contribution is 8.00. The third-order valence-electron chi connectivity index (χ3n) is 4.21. The minimum absolute atomic E-state index is 0.0869. The number of carbonyl (C=O) groups is 2. The zero-order chi connectivity index (χ0) is 18.1. The van der Waals surface area contributed by atoms with Crippen LogP contribution in [0.25, 0.3) is 0 Å². The number of hydrogen-bond donors (Lipinski definition) is 1. The van der Waals surface area contributed by atoms with Gasteiger partial charge in [0.25, 0.3) is 0 Å². The van der Waals surface area contributed by atoms with Crippen LogP contribution >= 0.6 is 11.8 Å². The first kappa shape index (κ1) is 17.6. The molecule has 0 saturated carbocycles. The van der Waals surface area contributed by atoms with Crippen molar-refractivity contribution in [2.75, 3.05) is 14.2 Å². The molecule has 134 valence electrons. The van der Waals surface area contributed by atoms with Crippen LogP contribution in [-0.2, 0) is 25.7 Å². The van der Waals surface area contributed by atoms with Crippen LogP contribution < -0.4 is 10.5 Å². The lowest BCUT2D eigenvalue weighted by Crippen LogP contribution is -2.69. The number of β-lactam (4-membered cyclic amide) rings is 1. The van der Waals surface area contributed by atoms with Gasteiger partial charge in [0, 0.05) is 0 Å².